The van der Waals surface area contributed by atoms with Crippen LogP contribution in [0.4, 0.5) is 0 Å². The van der Waals surface area contributed by atoms with Crippen LogP contribution in [0.5, 0.6) is 0 Å². The molecule has 1 aliphatic rings. The Hall–Kier alpha value is -0.420. The van der Waals surface area contributed by atoms with Crippen molar-refractivity contribution in [3.63, 3.8) is 0 Å². The van der Waals surface area contributed by atoms with Gasteiger partial charge in [0, 0.05) is 35.2 Å². The average molecular weight is 284 g/mol. The number of carbonyl (C=O) groups is 1. The van der Waals surface area contributed by atoms with Gasteiger partial charge in [-0.1, -0.05) is 13.8 Å². The summed E-state index contributed by atoms with van der Waals surface area (Å²) in [6.45, 7) is 7.41. The maximum absolute atomic E-state index is 12.3. The van der Waals surface area contributed by atoms with Crippen molar-refractivity contribution in [2.24, 2.45) is 0 Å². The summed E-state index contributed by atoms with van der Waals surface area (Å²) in [6.07, 6.45) is 4.19. The number of nitrogens with zero attached hydrogens (tertiary/aromatic N) is 2. The first-order valence-corrected chi connectivity index (χ1v) is 8.40. The molecule has 1 aromatic rings. The first-order valence-electron chi connectivity index (χ1n) is 6.41. The van der Waals surface area contributed by atoms with E-state index in [9.17, 15) is 4.79 Å². The second-order valence-electron chi connectivity index (χ2n) is 4.64. The molecule has 0 radical (unpaired) electrons. The molecule has 1 fully saturated rings. The van der Waals surface area contributed by atoms with Gasteiger partial charge in [-0.2, -0.15) is 11.8 Å². The largest absolute Gasteiger partial charge is 0.335 e. The molecule has 0 aliphatic carbocycles. The third kappa shape index (κ3) is 3.12. The predicted molar refractivity (Wildman–Crippen MR) is 79.4 cm³/mol. The molecule has 0 saturated carbocycles. The summed E-state index contributed by atoms with van der Waals surface area (Å²) in [7, 11) is 0. The SMILES string of the molecule is CCn1ccnc1CC(=O)C1CSC(C)C(C)S1. The number of rotatable bonds is 4. The number of Topliss-reactive ketones (excluding diaryl/α,β-unsaturated/α-hetero) is 1. The van der Waals surface area contributed by atoms with E-state index in [0.29, 0.717) is 22.7 Å². The zero-order valence-corrected chi connectivity index (χ0v) is 12.8. The minimum absolute atomic E-state index is 0.142. The van der Waals surface area contributed by atoms with Gasteiger partial charge in [0.15, 0.2) is 5.78 Å². The van der Waals surface area contributed by atoms with Gasteiger partial charge in [-0.25, -0.2) is 4.98 Å². The van der Waals surface area contributed by atoms with Crippen LogP contribution in [0.1, 0.15) is 26.6 Å². The molecule has 3 nitrogen and oxygen atoms in total. The number of hydrogen-bond acceptors (Lipinski definition) is 4. The first-order chi connectivity index (χ1) is 8.61. The highest BCUT2D eigenvalue weighted by Gasteiger charge is 2.30. The Morgan fingerprint density at radius 1 is 1.50 bits per heavy atom. The summed E-state index contributed by atoms with van der Waals surface area (Å²) in [4.78, 5) is 16.6. The molecule has 0 amide bonds. The van der Waals surface area contributed by atoms with Crippen molar-refractivity contribution in [2.45, 2.75) is 49.5 Å². The molecule has 3 unspecified atom stereocenters. The lowest BCUT2D eigenvalue weighted by Gasteiger charge is -2.30. The molecular weight excluding hydrogens is 264 g/mol. The molecule has 1 aliphatic heterocycles. The highest BCUT2D eigenvalue weighted by molar-refractivity contribution is 8.08. The van der Waals surface area contributed by atoms with E-state index >= 15 is 0 Å². The van der Waals surface area contributed by atoms with Gasteiger partial charge in [0.05, 0.1) is 11.7 Å². The molecule has 18 heavy (non-hydrogen) atoms. The van der Waals surface area contributed by atoms with Gasteiger partial charge in [-0.3, -0.25) is 4.79 Å². The molecule has 0 bridgehead atoms. The van der Waals surface area contributed by atoms with Crippen molar-refractivity contribution >= 4 is 29.3 Å². The van der Waals surface area contributed by atoms with Crippen LogP contribution in [0, 0.1) is 0 Å². The molecule has 100 valence electrons. The zero-order valence-electron chi connectivity index (χ0n) is 11.1. The Kier molecular flexibility index (Phi) is 4.78. The van der Waals surface area contributed by atoms with Crippen LogP contribution in [-0.4, -0.2) is 36.8 Å². The van der Waals surface area contributed by atoms with Crippen molar-refractivity contribution in [1.29, 1.82) is 0 Å². The van der Waals surface area contributed by atoms with Crippen LogP contribution in [0.15, 0.2) is 12.4 Å². The van der Waals surface area contributed by atoms with E-state index in [4.69, 9.17) is 0 Å². The quantitative estimate of drug-likeness (QED) is 0.851. The minimum Gasteiger partial charge on any atom is -0.335 e. The molecular formula is C13H20N2OS2. The van der Waals surface area contributed by atoms with Gasteiger partial charge in [-0.15, -0.1) is 11.8 Å². The zero-order chi connectivity index (χ0) is 13.1. The number of ketones is 1. The van der Waals surface area contributed by atoms with E-state index in [1.54, 1.807) is 6.20 Å². The van der Waals surface area contributed by atoms with Crippen molar-refractivity contribution in [1.82, 2.24) is 9.55 Å². The summed E-state index contributed by atoms with van der Waals surface area (Å²) >= 11 is 3.75. The van der Waals surface area contributed by atoms with Crippen molar-refractivity contribution in [2.75, 3.05) is 5.75 Å². The molecule has 3 atom stereocenters. The van der Waals surface area contributed by atoms with E-state index in [0.717, 1.165) is 18.1 Å². The number of thioether (sulfide) groups is 2. The second-order valence-corrected chi connectivity index (χ2v) is 7.64. The lowest BCUT2D eigenvalue weighted by molar-refractivity contribution is -0.117. The standard InChI is InChI=1S/C13H20N2OS2/c1-4-15-6-5-14-13(15)7-11(16)12-8-17-9(2)10(3)18-12/h5-6,9-10,12H,4,7-8H2,1-3H3. The van der Waals surface area contributed by atoms with Gasteiger partial charge in [0.1, 0.15) is 5.82 Å². The Labute approximate surface area is 117 Å². The molecule has 2 heterocycles. The molecule has 0 N–H and O–H groups in total. The maximum Gasteiger partial charge on any atom is 0.154 e. The summed E-state index contributed by atoms with van der Waals surface area (Å²) in [5.74, 6) is 2.17. The highest BCUT2D eigenvalue weighted by Crippen LogP contribution is 2.36. The van der Waals surface area contributed by atoms with Gasteiger partial charge in [0.25, 0.3) is 0 Å². The van der Waals surface area contributed by atoms with E-state index in [2.05, 4.69) is 25.8 Å². The van der Waals surface area contributed by atoms with Crippen molar-refractivity contribution < 1.29 is 4.79 Å². The normalized spacial score (nSPS) is 28.3. The predicted octanol–water partition coefficient (Wildman–Crippen LogP) is 2.64. The lowest BCUT2D eigenvalue weighted by atomic mass is 10.2. The Morgan fingerprint density at radius 2 is 2.28 bits per heavy atom. The summed E-state index contributed by atoms with van der Waals surface area (Å²) in [6, 6.07) is 0. The fraction of sp³-hybridized carbons (Fsp3) is 0.692. The molecule has 0 spiro atoms. The van der Waals surface area contributed by atoms with Crippen LogP contribution in [0.3, 0.4) is 0 Å². The van der Waals surface area contributed by atoms with E-state index < -0.39 is 0 Å². The van der Waals surface area contributed by atoms with Crippen LogP contribution in [0.2, 0.25) is 0 Å². The Bertz CT molecular complexity index is 419. The number of imidazole rings is 1. The number of aromatic nitrogens is 2. The summed E-state index contributed by atoms with van der Waals surface area (Å²) < 4.78 is 2.05. The van der Waals surface area contributed by atoms with Crippen LogP contribution < -0.4 is 0 Å². The fourth-order valence-corrected chi connectivity index (χ4v) is 4.91. The average Bonchev–Trinajstić information content (AvgIpc) is 2.79. The Morgan fingerprint density at radius 3 is 2.94 bits per heavy atom. The van der Waals surface area contributed by atoms with Crippen molar-refractivity contribution in [3.05, 3.63) is 18.2 Å². The number of hydrogen-bond donors (Lipinski definition) is 0. The van der Waals surface area contributed by atoms with Gasteiger partial charge in [0.2, 0.25) is 0 Å². The first kappa shape index (κ1) is 14.0. The lowest BCUT2D eigenvalue weighted by Crippen LogP contribution is -2.33. The monoisotopic (exact) mass is 284 g/mol. The second kappa shape index (κ2) is 6.15. The summed E-state index contributed by atoms with van der Waals surface area (Å²) in [5.41, 5.74) is 0. The van der Waals surface area contributed by atoms with Gasteiger partial charge < -0.3 is 4.57 Å². The maximum atomic E-state index is 12.3. The molecule has 5 heteroatoms. The Balaban J connectivity index is 1.96. The minimum atomic E-state index is 0.142. The topological polar surface area (TPSA) is 34.9 Å². The van der Waals surface area contributed by atoms with E-state index in [1.807, 2.05) is 34.3 Å². The van der Waals surface area contributed by atoms with Crippen LogP contribution in [0.25, 0.3) is 0 Å². The molecule has 1 aromatic heterocycles. The van der Waals surface area contributed by atoms with E-state index in [-0.39, 0.29) is 5.25 Å². The van der Waals surface area contributed by atoms with Crippen LogP contribution >= 0.6 is 23.5 Å². The van der Waals surface area contributed by atoms with Crippen LogP contribution in [-0.2, 0) is 17.8 Å². The molecule has 2 rings (SSSR count). The number of aryl methyl sites for hydroxylation is 1. The fourth-order valence-electron chi connectivity index (χ4n) is 2.02. The highest BCUT2D eigenvalue weighted by atomic mass is 32.2. The smallest absolute Gasteiger partial charge is 0.154 e. The summed E-state index contributed by atoms with van der Waals surface area (Å²) in [5, 5.41) is 1.35. The third-order valence-electron chi connectivity index (χ3n) is 3.38. The molecule has 0 aromatic carbocycles. The number of carbonyl (C=O) groups excluding carboxylic acids is 1. The van der Waals surface area contributed by atoms with Crippen molar-refractivity contribution in [3.8, 4) is 0 Å². The van der Waals surface area contributed by atoms with E-state index in [1.165, 1.54) is 0 Å². The van der Waals surface area contributed by atoms with Gasteiger partial charge in [-0.05, 0) is 6.92 Å². The third-order valence-corrected chi connectivity index (χ3v) is 6.82. The molecule has 1 saturated heterocycles. The van der Waals surface area contributed by atoms with Gasteiger partial charge >= 0.3 is 0 Å².